The van der Waals surface area contributed by atoms with Crippen molar-refractivity contribution in [2.45, 2.75) is 71.6 Å². The molecule has 10 nitrogen and oxygen atoms in total. The largest absolute Gasteiger partial charge is 0.462 e. The number of aryl methyl sites for hydroxylation is 1. The molecule has 0 aliphatic carbocycles. The maximum Gasteiger partial charge on any atom is 0.410 e. The summed E-state index contributed by atoms with van der Waals surface area (Å²) in [6.45, 7) is 10.4. The maximum absolute atomic E-state index is 13.3. The summed E-state index contributed by atoms with van der Waals surface area (Å²) >= 11 is 1.26. The predicted molar refractivity (Wildman–Crippen MR) is 171 cm³/mol. The minimum atomic E-state index is -0.846. The summed E-state index contributed by atoms with van der Waals surface area (Å²) < 4.78 is 10.7. The van der Waals surface area contributed by atoms with Crippen LogP contribution in [0.5, 0.6) is 0 Å². The third kappa shape index (κ3) is 8.79. The highest BCUT2D eigenvalue weighted by molar-refractivity contribution is 7.17. The summed E-state index contributed by atoms with van der Waals surface area (Å²) in [5.74, 6) is -0.526. The Morgan fingerprint density at radius 3 is 2.50 bits per heavy atom. The lowest BCUT2D eigenvalue weighted by Gasteiger charge is -2.29. The number of anilines is 2. The van der Waals surface area contributed by atoms with Crippen LogP contribution >= 0.6 is 11.3 Å². The van der Waals surface area contributed by atoms with Gasteiger partial charge in [-0.2, -0.15) is 0 Å². The smallest absolute Gasteiger partial charge is 0.410 e. The predicted octanol–water partition coefficient (Wildman–Crippen LogP) is 5.75. The van der Waals surface area contributed by atoms with Crippen molar-refractivity contribution < 1.29 is 29.0 Å². The van der Waals surface area contributed by atoms with Crippen molar-refractivity contribution >= 4 is 40.1 Å². The van der Waals surface area contributed by atoms with Crippen LogP contribution in [-0.2, 0) is 20.7 Å². The SMILES string of the molecule is CCOC(=O)c1sc(N2CCC[C@H]2C(=O)Nc2ccc(CCN(C[C@H](O)c3ccccc3)C(=O)OC(C)(C)C)cc2)nc1C. The molecule has 1 aromatic heterocycles. The van der Waals surface area contributed by atoms with Gasteiger partial charge in [0.25, 0.3) is 0 Å². The molecule has 44 heavy (non-hydrogen) atoms. The van der Waals surface area contributed by atoms with Gasteiger partial charge < -0.3 is 29.7 Å². The fraction of sp³-hybridized carbons (Fsp3) is 0.455. The van der Waals surface area contributed by atoms with Crippen LogP contribution in [0.3, 0.4) is 0 Å². The summed E-state index contributed by atoms with van der Waals surface area (Å²) in [4.78, 5) is 47.0. The molecule has 0 unspecified atom stereocenters. The van der Waals surface area contributed by atoms with Crippen LogP contribution in [0.25, 0.3) is 0 Å². The normalized spacial score (nSPS) is 15.5. The average Bonchev–Trinajstić information content (AvgIpc) is 3.62. The Hall–Kier alpha value is -3.96. The number of nitrogens with zero attached hydrogens (tertiary/aromatic N) is 3. The number of benzene rings is 2. The lowest BCUT2D eigenvalue weighted by Crippen LogP contribution is -2.40. The van der Waals surface area contributed by atoms with Crippen molar-refractivity contribution in [2.24, 2.45) is 0 Å². The number of esters is 1. The highest BCUT2D eigenvalue weighted by Crippen LogP contribution is 2.32. The number of carbonyl (C=O) groups is 3. The van der Waals surface area contributed by atoms with Gasteiger partial charge >= 0.3 is 12.1 Å². The minimum Gasteiger partial charge on any atom is -0.462 e. The first kappa shape index (κ1) is 32.9. The monoisotopic (exact) mass is 622 g/mol. The summed E-state index contributed by atoms with van der Waals surface area (Å²) in [6, 6.07) is 16.4. The molecule has 4 rings (SSSR count). The first-order valence-electron chi connectivity index (χ1n) is 15.0. The molecule has 236 valence electrons. The van der Waals surface area contributed by atoms with E-state index in [0.29, 0.717) is 53.9 Å². The fourth-order valence-electron chi connectivity index (χ4n) is 4.98. The van der Waals surface area contributed by atoms with Crippen molar-refractivity contribution in [3.8, 4) is 0 Å². The Balaban J connectivity index is 1.37. The third-order valence-electron chi connectivity index (χ3n) is 7.17. The zero-order valence-electron chi connectivity index (χ0n) is 26.0. The second-order valence-corrected chi connectivity index (χ2v) is 12.7. The van der Waals surface area contributed by atoms with Gasteiger partial charge in [0, 0.05) is 18.8 Å². The van der Waals surface area contributed by atoms with Gasteiger partial charge in [-0.1, -0.05) is 53.8 Å². The Labute approximate surface area is 263 Å². The van der Waals surface area contributed by atoms with Gasteiger partial charge in [0.1, 0.15) is 16.5 Å². The third-order valence-corrected chi connectivity index (χ3v) is 8.34. The average molecular weight is 623 g/mol. The first-order chi connectivity index (χ1) is 20.9. The van der Waals surface area contributed by atoms with Crippen LogP contribution in [0, 0.1) is 6.92 Å². The van der Waals surface area contributed by atoms with Crippen molar-refractivity contribution in [2.75, 3.05) is 36.5 Å². The van der Waals surface area contributed by atoms with Crippen LogP contribution in [0.2, 0.25) is 0 Å². The number of hydrogen-bond donors (Lipinski definition) is 2. The van der Waals surface area contributed by atoms with Gasteiger partial charge in [-0.05, 0) is 77.1 Å². The Morgan fingerprint density at radius 1 is 1.14 bits per heavy atom. The molecule has 1 aliphatic rings. The van der Waals surface area contributed by atoms with Crippen molar-refractivity contribution in [3.05, 3.63) is 76.3 Å². The number of carbonyl (C=O) groups excluding carboxylic acids is 3. The van der Waals surface area contributed by atoms with Gasteiger partial charge in [-0.15, -0.1) is 0 Å². The maximum atomic E-state index is 13.3. The topological polar surface area (TPSA) is 121 Å². The lowest BCUT2D eigenvalue weighted by molar-refractivity contribution is -0.117. The van der Waals surface area contributed by atoms with E-state index < -0.39 is 29.8 Å². The van der Waals surface area contributed by atoms with Crippen LogP contribution in [0.15, 0.2) is 54.6 Å². The number of aliphatic hydroxyl groups is 1. The fourth-order valence-corrected chi connectivity index (χ4v) is 6.01. The van der Waals surface area contributed by atoms with Crippen LogP contribution < -0.4 is 10.2 Å². The number of rotatable bonds is 11. The Kier molecular flexibility index (Phi) is 11.0. The molecule has 2 heterocycles. The molecule has 1 aliphatic heterocycles. The van der Waals surface area contributed by atoms with Crippen LogP contribution in [-0.4, -0.2) is 70.8 Å². The highest BCUT2D eigenvalue weighted by atomic mass is 32.1. The Morgan fingerprint density at radius 2 is 1.84 bits per heavy atom. The highest BCUT2D eigenvalue weighted by Gasteiger charge is 2.34. The van der Waals surface area contributed by atoms with E-state index in [9.17, 15) is 19.5 Å². The summed E-state index contributed by atoms with van der Waals surface area (Å²) in [5.41, 5.74) is 2.30. The van der Waals surface area contributed by atoms with Gasteiger partial charge in [-0.3, -0.25) is 4.79 Å². The second kappa shape index (κ2) is 14.7. The van der Waals surface area contributed by atoms with Gasteiger partial charge in [0.15, 0.2) is 5.13 Å². The molecule has 0 saturated carbocycles. The summed E-state index contributed by atoms with van der Waals surface area (Å²) in [6.07, 6.45) is 0.741. The van der Waals surface area contributed by atoms with E-state index in [2.05, 4.69) is 10.3 Å². The molecule has 1 saturated heterocycles. The zero-order chi connectivity index (χ0) is 31.9. The van der Waals surface area contributed by atoms with Gasteiger partial charge in [0.05, 0.1) is 24.9 Å². The van der Waals surface area contributed by atoms with Crippen LogP contribution in [0.1, 0.15) is 73.1 Å². The summed E-state index contributed by atoms with van der Waals surface area (Å²) in [7, 11) is 0. The Bertz CT molecular complexity index is 1420. The molecule has 2 aromatic carbocycles. The number of thiazole rings is 1. The number of aliphatic hydroxyl groups excluding tert-OH is 1. The lowest BCUT2D eigenvalue weighted by atomic mass is 10.1. The van der Waals surface area contributed by atoms with Gasteiger partial charge in [0.2, 0.25) is 5.91 Å². The summed E-state index contributed by atoms with van der Waals surface area (Å²) in [5, 5.41) is 14.4. The zero-order valence-corrected chi connectivity index (χ0v) is 26.9. The quantitative estimate of drug-likeness (QED) is 0.260. The van der Waals surface area contributed by atoms with Gasteiger partial charge in [-0.25, -0.2) is 14.6 Å². The molecule has 0 bridgehead atoms. The van der Waals surface area contributed by atoms with Crippen molar-refractivity contribution in [1.29, 1.82) is 0 Å². The van der Waals surface area contributed by atoms with E-state index in [1.807, 2.05) is 80.3 Å². The molecule has 0 radical (unpaired) electrons. The second-order valence-electron chi connectivity index (χ2n) is 11.8. The molecule has 1 fully saturated rings. The van der Waals surface area contributed by atoms with Crippen molar-refractivity contribution in [3.63, 3.8) is 0 Å². The minimum absolute atomic E-state index is 0.102. The molecule has 2 amide bonds. The number of aromatic nitrogens is 1. The van der Waals surface area contributed by atoms with E-state index in [1.165, 1.54) is 16.2 Å². The first-order valence-corrected chi connectivity index (χ1v) is 15.8. The number of hydrogen-bond acceptors (Lipinski definition) is 9. The van der Waals surface area contributed by atoms with E-state index in [0.717, 1.165) is 17.5 Å². The molecule has 3 aromatic rings. The van der Waals surface area contributed by atoms with E-state index in [1.54, 1.807) is 13.8 Å². The molecular formula is C33H42N4O6S. The molecule has 0 spiro atoms. The van der Waals surface area contributed by atoms with Crippen molar-refractivity contribution in [1.82, 2.24) is 9.88 Å². The molecule has 2 atom stereocenters. The number of amides is 2. The number of ether oxygens (including phenoxy) is 2. The molecular weight excluding hydrogens is 580 g/mol. The van der Waals surface area contributed by atoms with Crippen LogP contribution in [0.4, 0.5) is 15.6 Å². The molecule has 2 N–H and O–H groups in total. The van der Waals surface area contributed by atoms with E-state index >= 15 is 0 Å². The molecule has 11 heteroatoms. The van der Waals surface area contributed by atoms with E-state index in [-0.39, 0.29) is 12.5 Å². The van der Waals surface area contributed by atoms with E-state index in [4.69, 9.17) is 9.47 Å². The standard InChI is InChI=1S/C33H42N4O6S/c1-6-42-30(40)28-22(2)34-31(44-28)37-19-10-13-26(37)29(39)35-25-16-14-23(15-17-25)18-20-36(32(41)43-33(3,4)5)21-27(38)24-11-8-7-9-12-24/h7-9,11-12,14-17,26-27,38H,6,10,13,18-21H2,1-5H3,(H,35,39)/t26-,27-/m0/s1. The number of nitrogens with one attached hydrogen (secondary N) is 1.